The monoisotopic (exact) mass is 485 g/mol. The van der Waals surface area contributed by atoms with Crippen LogP contribution in [0, 0.1) is 5.92 Å². The molecule has 1 aliphatic carbocycles. The Morgan fingerprint density at radius 3 is 2.29 bits per heavy atom. The minimum atomic E-state index is -4.63. The van der Waals surface area contributed by atoms with Gasteiger partial charge >= 0.3 is 6.18 Å². The molecule has 0 bridgehead atoms. The fourth-order valence-electron chi connectivity index (χ4n) is 2.78. The van der Waals surface area contributed by atoms with Crippen molar-refractivity contribution in [2.24, 2.45) is 5.92 Å². The summed E-state index contributed by atoms with van der Waals surface area (Å²) in [6, 6.07) is 5.99. The molecule has 1 fully saturated rings. The lowest BCUT2D eigenvalue weighted by atomic mass is 10.2. The lowest BCUT2D eigenvalue weighted by molar-refractivity contribution is -0.141. The molecule has 186 valence electrons. The van der Waals surface area contributed by atoms with Crippen LogP contribution in [0.25, 0.3) is 11.5 Å². The molecule has 0 saturated heterocycles. The first-order valence-electron chi connectivity index (χ1n) is 10.7. The molecular weight excluding hydrogens is 457 g/mol. The molecule has 0 amide bonds. The minimum absolute atomic E-state index is 0. The largest absolute Gasteiger partial charge is 0.433 e. The molecule has 3 aromatic heterocycles. The molecule has 0 unspecified atom stereocenters. The second kappa shape index (κ2) is 10.2. The van der Waals surface area contributed by atoms with Gasteiger partial charge in [0, 0.05) is 28.2 Å². The molecule has 3 aromatic rings. The van der Waals surface area contributed by atoms with Gasteiger partial charge in [0.05, 0.1) is 0 Å². The van der Waals surface area contributed by atoms with Gasteiger partial charge in [-0.3, -0.25) is 4.98 Å². The van der Waals surface area contributed by atoms with Gasteiger partial charge in [-0.1, -0.05) is 19.9 Å². The SMILES string of the molecule is CC.CC(F)(F)c1cc(Nc2nc(NCC3CC3)nc(-c3cccc(C(F)(F)F)n3)n2)ccn1.[HH].[HH]. The van der Waals surface area contributed by atoms with Gasteiger partial charge in [0.25, 0.3) is 5.92 Å². The molecule has 7 nitrogen and oxygen atoms in total. The first-order valence-corrected chi connectivity index (χ1v) is 10.7. The topological polar surface area (TPSA) is 88.5 Å². The van der Waals surface area contributed by atoms with Gasteiger partial charge in [-0.2, -0.15) is 36.9 Å². The summed E-state index contributed by atoms with van der Waals surface area (Å²) >= 11 is 0. The minimum Gasteiger partial charge on any atom is -0.354 e. The summed E-state index contributed by atoms with van der Waals surface area (Å²) in [5.41, 5.74) is -1.40. The van der Waals surface area contributed by atoms with E-state index < -0.39 is 23.5 Å². The van der Waals surface area contributed by atoms with Gasteiger partial charge < -0.3 is 10.6 Å². The highest BCUT2D eigenvalue weighted by Gasteiger charge is 2.33. The van der Waals surface area contributed by atoms with Gasteiger partial charge in [-0.15, -0.1) is 0 Å². The molecule has 1 saturated carbocycles. The van der Waals surface area contributed by atoms with E-state index in [0.29, 0.717) is 12.5 Å². The zero-order valence-electron chi connectivity index (χ0n) is 18.8. The maximum absolute atomic E-state index is 13.6. The average Bonchev–Trinajstić information content (AvgIpc) is 3.63. The van der Waals surface area contributed by atoms with Crippen LogP contribution in [0.3, 0.4) is 0 Å². The quantitative estimate of drug-likeness (QED) is 0.367. The van der Waals surface area contributed by atoms with Crippen LogP contribution in [-0.4, -0.2) is 31.5 Å². The predicted octanol–water partition coefficient (Wildman–Crippen LogP) is 6.54. The fraction of sp³-hybridized carbons (Fsp3) is 0.409. The third-order valence-electron chi connectivity index (χ3n) is 4.62. The van der Waals surface area contributed by atoms with Crippen LogP contribution in [0.2, 0.25) is 0 Å². The Labute approximate surface area is 196 Å². The smallest absolute Gasteiger partial charge is 0.354 e. The number of rotatable bonds is 7. The van der Waals surface area contributed by atoms with Crippen molar-refractivity contribution in [1.82, 2.24) is 24.9 Å². The van der Waals surface area contributed by atoms with E-state index in [1.54, 1.807) is 0 Å². The van der Waals surface area contributed by atoms with Gasteiger partial charge in [0.2, 0.25) is 11.9 Å². The first kappa shape index (κ1) is 25.2. The van der Waals surface area contributed by atoms with E-state index in [1.807, 2.05) is 13.8 Å². The number of pyridine rings is 2. The second-order valence-corrected chi connectivity index (χ2v) is 7.48. The van der Waals surface area contributed by atoms with Crippen LogP contribution in [-0.2, 0) is 12.1 Å². The number of hydrogen-bond donors (Lipinski definition) is 2. The molecule has 0 spiro atoms. The van der Waals surface area contributed by atoms with E-state index in [2.05, 4.69) is 35.6 Å². The highest BCUT2D eigenvalue weighted by molar-refractivity contribution is 5.59. The Kier molecular flexibility index (Phi) is 7.57. The van der Waals surface area contributed by atoms with Crippen molar-refractivity contribution < 1.29 is 24.8 Å². The van der Waals surface area contributed by atoms with E-state index in [0.717, 1.165) is 31.9 Å². The summed E-state index contributed by atoms with van der Waals surface area (Å²) in [7, 11) is 0. The Balaban J connectivity index is 0.00000158. The third kappa shape index (κ3) is 6.78. The Hall–Kier alpha value is -3.44. The molecule has 0 radical (unpaired) electrons. The average molecular weight is 486 g/mol. The summed E-state index contributed by atoms with van der Waals surface area (Å²) in [5, 5.41) is 5.83. The zero-order valence-corrected chi connectivity index (χ0v) is 18.8. The highest BCUT2D eigenvalue weighted by atomic mass is 19.4. The molecule has 3 heterocycles. The first-order chi connectivity index (χ1) is 16.1. The Morgan fingerprint density at radius 1 is 0.941 bits per heavy atom. The molecule has 12 heteroatoms. The number of nitrogens with one attached hydrogen (secondary N) is 2. The normalized spacial score (nSPS) is 13.6. The molecule has 34 heavy (non-hydrogen) atoms. The Morgan fingerprint density at radius 2 is 1.65 bits per heavy atom. The van der Waals surface area contributed by atoms with Gasteiger partial charge in [-0.25, -0.2) is 4.98 Å². The number of aromatic nitrogens is 5. The zero-order chi connectivity index (χ0) is 24.9. The van der Waals surface area contributed by atoms with Crippen LogP contribution < -0.4 is 10.6 Å². The van der Waals surface area contributed by atoms with E-state index >= 15 is 0 Å². The van der Waals surface area contributed by atoms with Crippen LogP contribution in [0.4, 0.5) is 39.5 Å². The maximum atomic E-state index is 13.6. The Bertz CT molecular complexity index is 1120. The third-order valence-corrected chi connectivity index (χ3v) is 4.62. The number of alkyl halides is 5. The maximum Gasteiger partial charge on any atom is 0.433 e. The highest BCUT2D eigenvalue weighted by Crippen LogP contribution is 2.31. The fourth-order valence-corrected chi connectivity index (χ4v) is 2.78. The van der Waals surface area contributed by atoms with Crippen LogP contribution in [0.15, 0.2) is 36.5 Å². The summed E-state index contributed by atoms with van der Waals surface area (Å²) in [6.07, 6.45) is -1.29. The van der Waals surface area contributed by atoms with Crippen LogP contribution in [0.5, 0.6) is 0 Å². The second-order valence-electron chi connectivity index (χ2n) is 7.48. The van der Waals surface area contributed by atoms with Gasteiger partial charge in [0.1, 0.15) is 17.1 Å². The number of anilines is 3. The summed E-state index contributed by atoms with van der Waals surface area (Å²) in [5.74, 6) is -2.67. The van der Waals surface area contributed by atoms with E-state index in [-0.39, 0.29) is 32.0 Å². The molecule has 0 atom stereocenters. The summed E-state index contributed by atoms with van der Waals surface area (Å²) < 4.78 is 66.4. The molecule has 2 N–H and O–H groups in total. The summed E-state index contributed by atoms with van der Waals surface area (Å²) in [4.78, 5) is 19.8. The van der Waals surface area contributed by atoms with Crippen molar-refractivity contribution >= 4 is 17.6 Å². The van der Waals surface area contributed by atoms with E-state index in [1.165, 1.54) is 24.4 Å². The van der Waals surface area contributed by atoms with Gasteiger partial charge in [0.15, 0.2) is 5.82 Å². The van der Waals surface area contributed by atoms with E-state index in [4.69, 9.17) is 0 Å². The number of halogens is 5. The summed E-state index contributed by atoms with van der Waals surface area (Å²) in [6.45, 7) is 5.32. The standard InChI is InChI=1S/C20H18F5N7.C2H6.2H2/c1-19(21,22)15-9-12(7-8-26-15)28-18-31-16(30-17(32-18)27-10-11-5-6-11)13-3-2-4-14(29-13)20(23,24)25;1-2;;/h2-4,7-9,11H,5-6,10H2,1H3,(H2,26,27,28,30,31,32);1-2H3;2*1H. The van der Waals surface area contributed by atoms with Crippen molar-refractivity contribution in [1.29, 1.82) is 0 Å². The van der Waals surface area contributed by atoms with Crippen LogP contribution in [0.1, 0.15) is 47.9 Å². The number of hydrogen-bond acceptors (Lipinski definition) is 7. The molecular formula is C22H28F5N7. The van der Waals surface area contributed by atoms with Crippen molar-refractivity contribution in [3.63, 3.8) is 0 Å². The van der Waals surface area contributed by atoms with E-state index in [9.17, 15) is 22.0 Å². The molecule has 0 aliphatic heterocycles. The van der Waals surface area contributed by atoms with Crippen molar-refractivity contribution in [3.05, 3.63) is 47.9 Å². The van der Waals surface area contributed by atoms with Crippen molar-refractivity contribution in [3.8, 4) is 11.5 Å². The predicted molar refractivity (Wildman–Crippen MR) is 122 cm³/mol. The lowest BCUT2D eigenvalue weighted by Crippen LogP contribution is -2.13. The number of nitrogens with zero attached hydrogens (tertiary/aromatic N) is 5. The van der Waals surface area contributed by atoms with Crippen LogP contribution >= 0.6 is 0 Å². The van der Waals surface area contributed by atoms with Crippen molar-refractivity contribution in [2.45, 2.75) is 45.7 Å². The molecule has 4 rings (SSSR count). The lowest BCUT2D eigenvalue weighted by Gasteiger charge is -2.13. The molecule has 0 aromatic carbocycles. The molecule has 1 aliphatic rings. The van der Waals surface area contributed by atoms with Gasteiger partial charge in [-0.05, 0) is 43.0 Å². The van der Waals surface area contributed by atoms with Crippen molar-refractivity contribution in [2.75, 3.05) is 17.2 Å².